The highest BCUT2D eigenvalue weighted by molar-refractivity contribution is 7.80. The number of allylic oxidation sites excluding steroid dienone is 1. The van der Waals surface area contributed by atoms with Gasteiger partial charge in [-0.15, -0.1) is 0 Å². The topological polar surface area (TPSA) is 66.3 Å². The number of nitrogens with one attached hydrogen (secondary N) is 3. The molecule has 0 saturated heterocycles. The van der Waals surface area contributed by atoms with Crippen molar-refractivity contribution in [3.63, 3.8) is 0 Å². The Bertz CT molecular complexity index is 1160. The van der Waals surface area contributed by atoms with E-state index in [-0.39, 0.29) is 5.91 Å². The molecule has 1 amide bonds. The van der Waals surface area contributed by atoms with Gasteiger partial charge in [0.15, 0.2) is 5.11 Å². The Balaban J connectivity index is 1.67. The fourth-order valence-electron chi connectivity index (χ4n) is 3.27. The highest BCUT2D eigenvalue weighted by Gasteiger charge is 2.32. The second kappa shape index (κ2) is 8.52. The van der Waals surface area contributed by atoms with Gasteiger partial charge >= 0.3 is 0 Å². The zero-order valence-electron chi connectivity index (χ0n) is 15.8. The molecule has 3 N–H and O–H groups in total. The number of amides is 1. The van der Waals surface area contributed by atoms with E-state index < -0.39 is 6.04 Å². The van der Waals surface area contributed by atoms with E-state index in [0.29, 0.717) is 49.2 Å². The van der Waals surface area contributed by atoms with E-state index in [0.717, 1.165) is 0 Å². The number of carbonyl (C=O) groups is 1. The molecular weight excluding hydrogens is 441 g/mol. The van der Waals surface area contributed by atoms with Gasteiger partial charge in [0.1, 0.15) is 17.6 Å². The monoisotopic (exact) mass is 457 g/mol. The van der Waals surface area contributed by atoms with Gasteiger partial charge < -0.3 is 20.4 Å². The van der Waals surface area contributed by atoms with E-state index in [9.17, 15) is 4.79 Å². The molecule has 0 bridgehead atoms. The van der Waals surface area contributed by atoms with Gasteiger partial charge in [-0.05, 0) is 61.6 Å². The van der Waals surface area contributed by atoms with Gasteiger partial charge in [0.25, 0.3) is 5.91 Å². The molecule has 5 nitrogen and oxygen atoms in total. The summed E-state index contributed by atoms with van der Waals surface area (Å²) in [5.41, 5.74) is 2.54. The number of para-hydroxylation sites is 1. The zero-order valence-corrected chi connectivity index (χ0v) is 18.2. The first kappa shape index (κ1) is 20.5. The van der Waals surface area contributed by atoms with Crippen molar-refractivity contribution in [2.75, 3.05) is 5.32 Å². The third-order valence-corrected chi connectivity index (χ3v) is 5.42. The van der Waals surface area contributed by atoms with E-state index in [1.165, 1.54) is 0 Å². The summed E-state index contributed by atoms with van der Waals surface area (Å²) in [6, 6.07) is 17.5. The smallest absolute Gasteiger partial charge is 0.255 e. The molecule has 0 spiro atoms. The predicted octanol–water partition coefficient (Wildman–Crippen LogP) is 5.68. The molecule has 2 aromatic carbocycles. The third kappa shape index (κ3) is 4.21. The number of hydrogen-bond acceptors (Lipinski definition) is 3. The zero-order chi connectivity index (χ0) is 21.3. The molecule has 2 heterocycles. The van der Waals surface area contributed by atoms with Gasteiger partial charge in [-0.2, -0.15) is 0 Å². The minimum Gasteiger partial charge on any atom is -0.458 e. The average molecular weight is 458 g/mol. The molecule has 0 radical (unpaired) electrons. The summed E-state index contributed by atoms with van der Waals surface area (Å²) in [5, 5.41) is 10.5. The summed E-state index contributed by atoms with van der Waals surface area (Å²) in [6.07, 6.45) is 0. The lowest BCUT2D eigenvalue weighted by Gasteiger charge is -2.28. The van der Waals surface area contributed by atoms with Crippen molar-refractivity contribution < 1.29 is 9.21 Å². The minimum atomic E-state index is -0.553. The van der Waals surface area contributed by atoms with E-state index in [4.69, 9.17) is 39.8 Å². The Morgan fingerprint density at radius 2 is 1.87 bits per heavy atom. The van der Waals surface area contributed by atoms with Crippen LogP contribution in [0.5, 0.6) is 0 Å². The number of carbonyl (C=O) groups excluding carboxylic acids is 1. The molecule has 30 heavy (non-hydrogen) atoms. The van der Waals surface area contributed by atoms with Gasteiger partial charge in [0, 0.05) is 22.0 Å². The quantitative estimate of drug-likeness (QED) is 0.439. The Morgan fingerprint density at radius 1 is 1.10 bits per heavy atom. The number of thiocarbonyl (C=S) groups is 1. The van der Waals surface area contributed by atoms with Crippen LogP contribution in [0, 0.1) is 0 Å². The van der Waals surface area contributed by atoms with Gasteiger partial charge in [0.05, 0.1) is 10.6 Å². The fourth-order valence-corrected chi connectivity index (χ4v) is 4.04. The second-order valence-corrected chi connectivity index (χ2v) is 7.97. The molecule has 0 saturated carbocycles. The first-order chi connectivity index (χ1) is 14.4. The largest absolute Gasteiger partial charge is 0.458 e. The third-order valence-electron chi connectivity index (χ3n) is 4.65. The molecule has 1 aromatic heterocycles. The van der Waals surface area contributed by atoms with Crippen molar-refractivity contribution in [2.24, 2.45) is 0 Å². The van der Waals surface area contributed by atoms with Crippen LogP contribution >= 0.6 is 35.4 Å². The lowest BCUT2D eigenvalue weighted by molar-refractivity contribution is -0.113. The normalized spacial score (nSPS) is 16.1. The molecule has 8 heteroatoms. The molecule has 4 rings (SSSR count). The molecular formula is C22H17Cl2N3O2S. The molecule has 0 unspecified atom stereocenters. The summed E-state index contributed by atoms with van der Waals surface area (Å²) in [7, 11) is 0. The van der Waals surface area contributed by atoms with Crippen LogP contribution in [-0.4, -0.2) is 11.0 Å². The van der Waals surface area contributed by atoms with Gasteiger partial charge in [-0.3, -0.25) is 4.79 Å². The molecule has 1 aliphatic heterocycles. The number of halogens is 2. The van der Waals surface area contributed by atoms with Crippen molar-refractivity contribution in [1.29, 1.82) is 0 Å². The van der Waals surface area contributed by atoms with Crippen LogP contribution in [0.25, 0.3) is 11.3 Å². The van der Waals surface area contributed by atoms with E-state index in [2.05, 4.69) is 16.0 Å². The maximum Gasteiger partial charge on any atom is 0.255 e. The maximum absolute atomic E-state index is 13.1. The minimum absolute atomic E-state index is 0.256. The fraction of sp³-hybridized carbons (Fsp3) is 0.0909. The molecule has 0 fully saturated rings. The Hall–Kier alpha value is -2.80. The lowest BCUT2D eigenvalue weighted by atomic mass is 10.00. The number of furan rings is 1. The van der Waals surface area contributed by atoms with Crippen LogP contribution in [0.1, 0.15) is 18.7 Å². The van der Waals surface area contributed by atoms with Crippen LogP contribution in [0.2, 0.25) is 10.0 Å². The van der Waals surface area contributed by atoms with Gasteiger partial charge in [-0.25, -0.2) is 0 Å². The maximum atomic E-state index is 13.1. The summed E-state index contributed by atoms with van der Waals surface area (Å²) in [4.78, 5) is 13.1. The molecule has 152 valence electrons. The van der Waals surface area contributed by atoms with Gasteiger partial charge in [-0.1, -0.05) is 41.4 Å². The van der Waals surface area contributed by atoms with Crippen LogP contribution in [-0.2, 0) is 4.79 Å². The number of hydrogen-bond donors (Lipinski definition) is 3. The SMILES string of the molecule is CC1=C(C(=O)Nc2ccccc2)[C@@H](c2ccc(-c3ccc(Cl)cc3Cl)o2)NC(=S)N1. The standard InChI is InChI=1S/C22H17Cl2N3O2S/c1-12-19(21(28)26-14-5-3-2-4-6-14)20(27-22(30)25-12)18-10-9-17(29-18)15-8-7-13(23)11-16(15)24/h2-11,20H,1H3,(H,26,28)(H2,25,27,30)/t20-/m1/s1. The molecule has 1 aliphatic rings. The highest BCUT2D eigenvalue weighted by atomic mass is 35.5. The van der Waals surface area contributed by atoms with Crippen LogP contribution < -0.4 is 16.0 Å². The number of rotatable bonds is 4. The number of benzene rings is 2. The predicted molar refractivity (Wildman–Crippen MR) is 124 cm³/mol. The van der Waals surface area contributed by atoms with Crippen molar-refractivity contribution in [3.8, 4) is 11.3 Å². The van der Waals surface area contributed by atoms with Crippen LogP contribution in [0.15, 0.2) is 76.4 Å². The summed E-state index contributed by atoms with van der Waals surface area (Å²) in [6.45, 7) is 1.81. The molecule has 3 aromatic rings. The van der Waals surface area contributed by atoms with Crippen LogP contribution in [0.4, 0.5) is 5.69 Å². The Labute approximate surface area is 189 Å². The summed E-state index contributed by atoms with van der Waals surface area (Å²) >= 11 is 17.6. The van der Waals surface area contributed by atoms with E-state index in [1.54, 1.807) is 37.3 Å². The summed E-state index contributed by atoms with van der Waals surface area (Å²) < 4.78 is 6.07. The van der Waals surface area contributed by atoms with E-state index >= 15 is 0 Å². The van der Waals surface area contributed by atoms with Gasteiger partial charge in [0.2, 0.25) is 0 Å². The molecule has 1 atom stereocenters. The highest BCUT2D eigenvalue weighted by Crippen LogP contribution is 2.35. The summed E-state index contributed by atoms with van der Waals surface area (Å²) in [5.74, 6) is 0.851. The Morgan fingerprint density at radius 3 is 2.60 bits per heavy atom. The molecule has 0 aliphatic carbocycles. The van der Waals surface area contributed by atoms with Crippen molar-refractivity contribution in [1.82, 2.24) is 10.6 Å². The lowest BCUT2D eigenvalue weighted by Crippen LogP contribution is -2.45. The second-order valence-electron chi connectivity index (χ2n) is 6.72. The van der Waals surface area contributed by atoms with E-state index in [1.807, 2.05) is 30.3 Å². The first-order valence-corrected chi connectivity index (χ1v) is 10.3. The van der Waals surface area contributed by atoms with Crippen molar-refractivity contribution >= 4 is 52.1 Å². The Kier molecular flexibility index (Phi) is 5.81. The van der Waals surface area contributed by atoms with Crippen molar-refractivity contribution in [2.45, 2.75) is 13.0 Å². The van der Waals surface area contributed by atoms with Crippen LogP contribution in [0.3, 0.4) is 0 Å². The van der Waals surface area contributed by atoms with Crippen molar-refractivity contribution in [3.05, 3.63) is 87.7 Å². The number of anilines is 1. The first-order valence-electron chi connectivity index (χ1n) is 9.12. The average Bonchev–Trinajstić information content (AvgIpc) is 3.17.